The van der Waals surface area contributed by atoms with Gasteiger partial charge in [0.25, 0.3) is 0 Å². The number of ether oxygens (including phenoxy) is 1. The van der Waals surface area contributed by atoms with Crippen molar-refractivity contribution < 1.29 is 9.53 Å². The Morgan fingerprint density at radius 1 is 1.59 bits per heavy atom. The van der Waals surface area contributed by atoms with Crippen molar-refractivity contribution in [3.05, 3.63) is 33.8 Å². The van der Waals surface area contributed by atoms with E-state index in [1.807, 2.05) is 6.07 Å². The maximum Gasteiger partial charge on any atom is 0.327 e. The fraction of sp³-hybridized carbons (Fsp3) is 0.273. The second-order valence-corrected chi connectivity index (χ2v) is 4.00. The van der Waals surface area contributed by atoms with Crippen LogP contribution in [0, 0.1) is 11.3 Å². The van der Waals surface area contributed by atoms with Gasteiger partial charge in [-0.05, 0) is 17.7 Å². The van der Waals surface area contributed by atoms with Crippen LogP contribution in [0.5, 0.6) is 0 Å². The maximum absolute atomic E-state index is 11.6. The molecule has 0 fully saturated rings. The topological polar surface area (TPSA) is 62.1 Å². The highest BCUT2D eigenvalue weighted by molar-refractivity contribution is 6.35. The van der Waals surface area contributed by atoms with E-state index in [4.69, 9.17) is 28.5 Å². The molecule has 1 N–H and O–H groups in total. The lowest BCUT2D eigenvalue weighted by Gasteiger charge is -2.16. The summed E-state index contributed by atoms with van der Waals surface area (Å²) in [6.45, 7) is 0.0126. The quantitative estimate of drug-likeness (QED) is 0.675. The van der Waals surface area contributed by atoms with Crippen molar-refractivity contribution in [1.29, 1.82) is 5.26 Å². The van der Waals surface area contributed by atoms with Gasteiger partial charge < -0.3 is 4.74 Å². The molecule has 0 bridgehead atoms. The Balaban J connectivity index is 3.04. The van der Waals surface area contributed by atoms with E-state index in [9.17, 15) is 4.79 Å². The third-order valence-corrected chi connectivity index (χ3v) is 2.66. The standard InChI is InChI=1S/C11H10Cl2N2O2/c1-17-11(16)10(15-5-4-14)8-3-2-7(12)6-9(8)13/h2-3,6,10,15H,5H2,1H3/t10-/m1/s1. The van der Waals surface area contributed by atoms with Crippen molar-refractivity contribution in [3.8, 4) is 6.07 Å². The molecule has 0 spiro atoms. The van der Waals surface area contributed by atoms with Crippen LogP contribution in [-0.2, 0) is 9.53 Å². The minimum atomic E-state index is -0.774. The van der Waals surface area contributed by atoms with E-state index in [0.29, 0.717) is 15.6 Å². The highest BCUT2D eigenvalue weighted by Gasteiger charge is 2.23. The van der Waals surface area contributed by atoms with Crippen LogP contribution in [0.1, 0.15) is 11.6 Å². The van der Waals surface area contributed by atoms with Crippen molar-refractivity contribution in [2.24, 2.45) is 0 Å². The Morgan fingerprint density at radius 2 is 2.29 bits per heavy atom. The summed E-state index contributed by atoms with van der Waals surface area (Å²) in [5.74, 6) is -0.510. The monoisotopic (exact) mass is 272 g/mol. The van der Waals surface area contributed by atoms with Gasteiger partial charge in [-0.3, -0.25) is 5.32 Å². The molecule has 1 atom stereocenters. The summed E-state index contributed by atoms with van der Waals surface area (Å²) in [4.78, 5) is 11.6. The fourth-order valence-electron chi connectivity index (χ4n) is 1.32. The first-order valence-corrected chi connectivity index (χ1v) is 5.49. The van der Waals surface area contributed by atoms with Crippen molar-refractivity contribution in [2.75, 3.05) is 13.7 Å². The van der Waals surface area contributed by atoms with Crippen LogP contribution in [0.3, 0.4) is 0 Å². The molecule has 4 nitrogen and oxygen atoms in total. The third-order valence-electron chi connectivity index (χ3n) is 2.10. The van der Waals surface area contributed by atoms with Gasteiger partial charge in [0.15, 0.2) is 0 Å². The van der Waals surface area contributed by atoms with Crippen LogP contribution in [-0.4, -0.2) is 19.6 Å². The first-order valence-electron chi connectivity index (χ1n) is 4.73. The van der Waals surface area contributed by atoms with Gasteiger partial charge >= 0.3 is 5.97 Å². The van der Waals surface area contributed by atoms with Gasteiger partial charge in [-0.15, -0.1) is 0 Å². The zero-order valence-corrected chi connectivity index (χ0v) is 10.5. The molecule has 0 heterocycles. The molecule has 1 rings (SSSR count). The highest BCUT2D eigenvalue weighted by atomic mass is 35.5. The van der Waals surface area contributed by atoms with E-state index < -0.39 is 12.0 Å². The average molecular weight is 273 g/mol. The molecule has 0 radical (unpaired) electrons. The number of carbonyl (C=O) groups is 1. The molecule has 0 aliphatic carbocycles. The molecule has 0 saturated carbocycles. The van der Waals surface area contributed by atoms with Crippen LogP contribution < -0.4 is 5.32 Å². The Hall–Kier alpha value is -1.28. The lowest BCUT2D eigenvalue weighted by atomic mass is 10.1. The number of halogens is 2. The van der Waals surface area contributed by atoms with E-state index in [-0.39, 0.29) is 6.54 Å². The second-order valence-electron chi connectivity index (χ2n) is 3.16. The minimum Gasteiger partial charge on any atom is -0.468 e. The van der Waals surface area contributed by atoms with E-state index in [0.717, 1.165) is 0 Å². The zero-order valence-electron chi connectivity index (χ0n) is 9.04. The van der Waals surface area contributed by atoms with Gasteiger partial charge in [0.2, 0.25) is 0 Å². The summed E-state index contributed by atoms with van der Waals surface area (Å²) in [5.41, 5.74) is 0.526. The van der Waals surface area contributed by atoms with Crippen molar-refractivity contribution in [2.45, 2.75) is 6.04 Å². The van der Waals surface area contributed by atoms with Crippen LogP contribution >= 0.6 is 23.2 Å². The van der Waals surface area contributed by atoms with E-state index in [1.54, 1.807) is 12.1 Å². The van der Waals surface area contributed by atoms with Crippen molar-refractivity contribution >= 4 is 29.2 Å². The summed E-state index contributed by atoms with van der Waals surface area (Å²) < 4.78 is 4.65. The zero-order chi connectivity index (χ0) is 12.8. The van der Waals surface area contributed by atoms with Gasteiger partial charge in [-0.1, -0.05) is 29.3 Å². The lowest BCUT2D eigenvalue weighted by molar-refractivity contribution is -0.143. The van der Waals surface area contributed by atoms with Crippen LogP contribution in [0.2, 0.25) is 10.0 Å². The SMILES string of the molecule is COC(=O)[C@H](NCC#N)c1ccc(Cl)cc1Cl. The van der Waals surface area contributed by atoms with E-state index >= 15 is 0 Å². The molecule has 1 aromatic carbocycles. The Labute approximate surface area is 109 Å². The van der Waals surface area contributed by atoms with Crippen LogP contribution in [0.15, 0.2) is 18.2 Å². The molecule has 90 valence electrons. The van der Waals surface area contributed by atoms with Crippen LogP contribution in [0.4, 0.5) is 0 Å². The molecule has 0 aliphatic heterocycles. The van der Waals surface area contributed by atoms with Crippen molar-refractivity contribution in [1.82, 2.24) is 5.32 Å². The van der Waals surface area contributed by atoms with Gasteiger partial charge in [0.1, 0.15) is 6.04 Å². The number of esters is 1. The largest absolute Gasteiger partial charge is 0.468 e. The van der Waals surface area contributed by atoms with Crippen molar-refractivity contribution in [3.63, 3.8) is 0 Å². The molecular weight excluding hydrogens is 263 g/mol. The molecule has 0 amide bonds. The van der Waals surface area contributed by atoms with E-state index in [1.165, 1.54) is 13.2 Å². The van der Waals surface area contributed by atoms with Gasteiger partial charge in [0.05, 0.1) is 19.7 Å². The molecule has 17 heavy (non-hydrogen) atoms. The first kappa shape index (κ1) is 13.8. The molecule has 0 aromatic heterocycles. The number of carbonyl (C=O) groups excluding carboxylic acids is 1. The fourth-order valence-corrected chi connectivity index (χ4v) is 1.84. The number of nitrogens with one attached hydrogen (secondary N) is 1. The molecule has 0 aliphatic rings. The minimum absolute atomic E-state index is 0.0126. The highest BCUT2D eigenvalue weighted by Crippen LogP contribution is 2.26. The number of rotatable bonds is 4. The number of hydrogen-bond acceptors (Lipinski definition) is 4. The van der Waals surface area contributed by atoms with Gasteiger partial charge in [-0.25, -0.2) is 4.79 Å². The second kappa shape index (κ2) is 6.45. The predicted molar refractivity (Wildman–Crippen MR) is 64.8 cm³/mol. The smallest absolute Gasteiger partial charge is 0.327 e. The summed E-state index contributed by atoms with van der Waals surface area (Å²) in [7, 11) is 1.27. The number of benzene rings is 1. The molecule has 0 saturated heterocycles. The first-order chi connectivity index (χ1) is 8.10. The summed E-state index contributed by atoms with van der Waals surface area (Å²) >= 11 is 11.8. The van der Waals surface area contributed by atoms with Gasteiger partial charge in [-0.2, -0.15) is 5.26 Å². The molecule has 1 aromatic rings. The van der Waals surface area contributed by atoms with Gasteiger partial charge in [0, 0.05) is 10.0 Å². The number of nitriles is 1. The molecule has 0 unspecified atom stereocenters. The third kappa shape index (κ3) is 3.60. The van der Waals surface area contributed by atoms with E-state index in [2.05, 4.69) is 10.1 Å². The summed E-state index contributed by atoms with van der Waals surface area (Å²) in [5, 5.41) is 12.1. The molecular formula is C11H10Cl2N2O2. The lowest BCUT2D eigenvalue weighted by Crippen LogP contribution is -2.30. The normalized spacial score (nSPS) is 11.6. The predicted octanol–water partition coefficient (Wildman–Crippen LogP) is 2.32. The Bertz CT molecular complexity index is 457. The maximum atomic E-state index is 11.6. The average Bonchev–Trinajstić information content (AvgIpc) is 2.31. The Morgan fingerprint density at radius 3 is 2.82 bits per heavy atom. The summed E-state index contributed by atoms with van der Waals surface area (Å²) in [6, 6.07) is 5.89. The molecule has 6 heteroatoms. The van der Waals surface area contributed by atoms with Crippen LogP contribution in [0.25, 0.3) is 0 Å². The number of hydrogen-bond donors (Lipinski definition) is 1. The Kier molecular flexibility index (Phi) is 5.23. The number of nitrogens with zero attached hydrogens (tertiary/aromatic N) is 1. The number of methoxy groups -OCH3 is 1. The summed E-state index contributed by atoms with van der Waals surface area (Å²) in [6.07, 6.45) is 0.